The van der Waals surface area contributed by atoms with Crippen LogP contribution in [0.2, 0.25) is 0 Å². The number of hydrogen-bond acceptors (Lipinski definition) is 5. The van der Waals surface area contributed by atoms with E-state index in [1.54, 1.807) is 31.2 Å². The predicted molar refractivity (Wildman–Crippen MR) is 95.2 cm³/mol. The van der Waals surface area contributed by atoms with E-state index < -0.39 is 5.97 Å². The highest BCUT2D eigenvalue weighted by atomic mass is 32.2. The van der Waals surface area contributed by atoms with Crippen LogP contribution in [0.5, 0.6) is 5.75 Å². The van der Waals surface area contributed by atoms with Crippen LogP contribution in [0, 0.1) is 5.41 Å². The van der Waals surface area contributed by atoms with E-state index in [1.807, 2.05) is 24.3 Å². The number of carbonyl (C=O) groups is 2. The van der Waals surface area contributed by atoms with Crippen LogP contribution in [0.15, 0.2) is 70.5 Å². The summed E-state index contributed by atoms with van der Waals surface area (Å²) in [5.74, 6) is -0.248. The van der Waals surface area contributed by atoms with Crippen LogP contribution in [0.1, 0.15) is 24.2 Å². The van der Waals surface area contributed by atoms with Crippen molar-refractivity contribution in [3.8, 4) is 5.75 Å². The molecule has 0 aliphatic heterocycles. The molecule has 2 aromatic rings. The molecular weight excluding hydrogens is 322 g/mol. The van der Waals surface area contributed by atoms with Crippen LogP contribution in [-0.4, -0.2) is 17.5 Å². The van der Waals surface area contributed by atoms with Crippen LogP contribution < -0.4 is 4.74 Å². The summed E-state index contributed by atoms with van der Waals surface area (Å²) in [4.78, 5) is 25.1. The zero-order valence-electron chi connectivity index (χ0n) is 13.5. The lowest BCUT2D eigenvalue weighted by Crippen LogP contribution is -2.08. The third kappa shape index (κ3) is 4.67. The number of carbonyl (C=O) groups excluding carboxylic acids is 2. The second kappa shape index (κ2) is 7.75. The Morgan fingerprint density at radius 1 is 0.958 bits per heavy atom. The Morgan fingerprint density at radius 3 is 1.92 bits per heavy atom. The molecule has 0 amide bonds. The van der Waals surface area contributed by atoms with Crippen molar-refractivity contribution >= 4 is 29.2 Å². The summed E-state index contributed by atoms with van der Waals surface area (Å²) in [6.07, 6.45) is 0. The lowest BCUT2D eigenvalue weighted by Gasteiger charge is -2.06. The molecule has 4 nitrogen and oxygen atoms in total. The Kier molecular flexibility index (Phi) is 5.71. The molecule has 122 valence electrons. The molecule has 0 saturated heterocycles. The zero-order valence-corrected chi connectivity index (χ0v) is 14.3. The van der Waals surface area contributed by atoms with Gasteiger partial charge in [0, 0.05) is 20.9 Å². The van der Waals surface area contributed by atoms with Crippen LogP contribution in [-0.2, 0) is 4.79 Å². The molecule has 0 aliphatic rings. The van der Waals surface area contributed by atoms with Gasteiger partial charge >= 0.3 is 5.97 Å². The van der Waals surface area contributed by atoms with E-state index in [4.69, 9.17) is 10.1 Å². The summed E-state index contributed by atoms with van der Waals surface area (Å²) < 4.78 is 5.14. The maximum atomic E-state index is 11.7. The topological polar surface area (TPSA) is 67.2 Å². The second-order valence-corrected chi connectivity index (χ2v) is 6.37. The summed E-state index contributed by atoms with van der Waals surface area (Å²) >= 11 is 1.53. The number of nitrogens with one attached hydrogen (secondary N) is 1. The lowest BCUT2D eigenvalue weighted by molar-refractivity contribution is -0.130. The van der Waals surface area contributed by atoms with E-state index in [0.29, 0.717) is 16.9 Å². The van der Waals surface area contributed by atoms with Gasteiger partial charge in [-0.15, -0.1) is 0 Å². The van der Waals surface area contributed by atoms with Gasteiger partial charge in [-0.3, -0.25) is 4.79 Å². The lowest BCUT2D eigenvalue weighted by atomic mass is 10.1. The number of Topliss-reactive ketones (excluding diaryl/α,β-unsaturated/α-hetero) is 1. The number of benzene rings is 2. The molecule has 0 saturated carbocycles. The highest BCUT2D eigenvalue weighted by molar-refractivity contribution is 7.99. The van der Waals surface area contributed by atoms with Crippen molar-refractivity contribution < 1.29 is 14.3 Å². The van der Waals surface area contributed by atoms with Gasteiger partial charge in [-0.1, -0.05) is 18.3 Å². The standard InChI is InChI=1S/C19H17NO3S/c1-12(2)19(22)23-15-6-10-17(11-7-15)24-16-8-4-14(5-9-16)18(21)13(3)20/h4-11,20H,1H2,2-3H3. The minimum absolute atomic E-state index is 0.0234. The first-order valence-electron chi connectivity index (χ1n) is 7.22. The Morgan fingerprint density at radius 2 is 1.46 bits per heavy atom. The number of rotatable bonds is 6. The molecule has 2 aromatic carbocycles. The Balaban J connectivity index is 2.03. The van der Waals surface area contributed by atoms with Gasteiger partial charge in [-0.2, -0.15) is 0 Å². The quantitative estimate of drug-likeness (QED) is 0.276. The maximum Gasteiger partial charge on any atom is 0.338 e. The summed E-state index contributed by atoms with van der Waals surface area (Å²) in [5, 5.41) is 7.37. The molecule has 0 radical (unpaired) electrons. The van der Waals surface area contributed by atoms with Crippen molar-refractivity contribution in [1.82, 2.24) is 0 Å². The van der Waals surface area contributed by atoms with Crippen molar-refractivity contribution in [1.29, 1.82) is 5.41 Å². The van der Waals surface area contributed by atoms with E-state index in [1.165, 1.54) is 18.7 Å². The molecule has 0 aliphatic carbocycles. The van der Waals surface area contributed by atoms with Crippen molar-refractivity contribution in [2.24, 2.45) is 0 Å². The molecule has 5 heteroatoms. The third-order valence-corrected chi connectivity index (χ3v) is 4.09. The largest absolute Gasteiger partial charge is 0.423 e. The molecule has 0 heterocycles. The molecule has 0 aromatic heterocycles. The van der Waals surface area contributed by atoms with Gasteiger partial charge in [0.2, 0.25) is 5.78 Å². The summed E-state index contributed by atoms with van der Waals surface area (Å²) in [6, 6.07) is 14.3. The molecule has 0 unspecified atom stereocenters. The van der Waals surface area contributed by atoms with Crippen molar-refractivity contribution in [3.05, 3.63) is 66.2 Å². The van der Waals surface area contributed by atoms with Gasteiger partial charge in [0.25, 0.3) is 0 Å². The number of hydrogen-bond donors (Lipinski definition) is 1. The van der Waals surface area contributed by atoms with Gasteiger partial charge in [-0.25, -0.2) is 4.79 Å². The first kappa shape index (κ1) is 17.7. The van der Waals surface area contributed by atoms with Crippen LogP contribution in [0.4, 0.5) is 0 Å². The minimum atomic E-state index is -0.447. The molecular formula is C19H17NO3S. The zero-order chi connectivity index (χ0) is 17.7. The van der Waals surface area contributed by atoms with Gasteiger partial charge in [0.15, 0.2) is 0 Å². The number of ketones is 1. The fourth-order valence-electron chi connectivity index (χ4n) is 1.80. The highest BCUT2D eigenvalue weighted by Crippen LogP contribution is 2.29. The van der Waals surface area contributed by atoms with Gasteiger partial charge in [0.05, 0.1) is 5.71 Å². The maximum absolute atomic E-state index is 11.7. The molecule has 0 spiro atoms. The normalized spacial score (nSPS) is 10.1. The van der Waals surface area contributed by atoms with Crippen LogP contribution in [0.25, 0.3) is 0 Å². The average Bonchev–Trinajstić information content (AvgIpc) is 2.56. The van der Waals surface area contributed by atoms with E-state index >= 15 is 0 Å². The number of esters is 1. The summed E-state index contributed by atoms with van der Waals surface area (Å²) in [7, 11) is 0. The van der Waals surface area contributed by atoms with E-state index in [2.05, 4.69) is 6.58 Å². The van der Waals surface area contributed by atoms with Crippen LogP contribution in [0.3, 0.4) is 0 Å². The summed E-state index contributed by atoms with van der Waals surface area (Å²) in [6.45, 7) is 6.62. The molecule has 1 N–H and O–H groups in total. The Labute approximate surface area is 145 Å². The molecule has 0 atom stereocenters. The van der Waals surface area contributed by atoms with Crippen molar-refractivity contribution in [2.75, 3.05) is 0 Å². The fourth-order valence-corrected chi connectivity index (χ4v) is 2.61. The fraction of sp³-hybridized carbons (Fsp3) is 0.105. The van der Waals surface area contributed by atoms with Crippen LogP contribution >= 0.6 is 11.8 Å². The summed E-state index contributed by atoms with van der Waals surface area (Å²) in [5.41, 5.74) is 0.882. The van der Waals surface area contributed by atoms with E-state index in [-0.39, 0.29) is 11.5 Å². The molecule has 24 heavy (non-hydrogen) atoms. The highest BCUT2D eigenvalue weighted by Gasteiger charge is 2.08. The molecule has 2 rings (SSSR count). The molecule has 0 fully saturated rings. The second-order valence-electron chi connectivity index (χ2n) is 5.22. The minimum Gasteiger partial charge on any atom is -0.423 e. The van der Waals surface area contributed by atoms with Crippen molar-refractivity contribution in [2.45, 2.75) is 23.6 Å². The monoisotopic (exact) mass is 339 g/mol. The molecule has 0 bridgehead atoms. The number of ether oxygens (including phenoxy) is 1. The SMILES string of the molecule is C=C(C)C(=O)Oc1ccc(Sc2ccc(C(=O)C(C)=N)cc2)cc1. The van der Waals surface area contributed by atoms with Crippen molar-refractivity contribution in [3.63, 3.8) is 0 Å². The first-order valence-corrected chi connectivity index (χ1v) is 8.04. The third-order valence-electron chi connectivity index (χ3n) is 3.08. The van der Waals surface area contributed by atoms with E-state index in [9.17, 15) is 9.59 Å². The predicted octanol–water partition coefficient (Wildman–Crippen LogP) is 4.54. The van der Waals surface area contributed by atoms with Gasteiger partial charge in [0.1, 0.15) is 5.75 Å². The smallest absolute Gasteiger partial charge is 0.338 e. The van der Waals surface area contributed by atoms with Gasteiger partial charge in [-0.05, 0) is 62.4 Å². The first-order chi connectivity index (χ1) is 11.4. The Hall–Kier alpha value is -2.66. The van der Waals surface area contributed by atoms with E-state index in [0.717, 1.165) is 9.79 Å². The average molecular weight is 339 g/mol. The Bertz CT molecular complexity index is 792. The van der Waals surface area contributed by atoms with Gasteiger partial charge < -0.3 is 10.1 Å².